The Morgan fingerprint density at radius 2 is 1.68 bits per heavy atom. The van der Waals surface area contributed by atoms with Crippen molar-refractivity contribution < 1.29 is 24.5 Å². The van der Waals surface area contributed by atoms with Gasteiger partial charge in [-0.25, -0.2) is 9.59 Å². The Bertz CT molecular complexity index is 562. The number of hydrogen-bond donors (Lipinski definition) is 2. The number of aliphatic carboxylic acids is 2. The zero-order valence-electron chi connectivity index (χ0n) is 14.2. The molecule has 0 saturated carbocycles. The zero-order chi connectivity index (χ0) is 18.5. The van der Waals surface area contributed by atoms with Gasteiger partial charge < -0.3 is 19.8 Å². The molecule has 1 saturated heterocycles. The minimum absolute atomic E-state index is 0.467. The van der Waals surface area contributed by atoms with Crippen LogP contribution in [0.15, 0.2) is 24.3 Å². The van der Waals surface area contributed by atoms with Crippen molar-refractivity contribution in [3.05, 3.63) is 29.8 Å². The summed E-state index contributed by atoms with van der Waals surface area (Å²) >= 11 is 0. The van der Waals surface area contributed by atoms with Crippen molar-refractivity contribution in [2.75, 3.05) is 26.2 Å². The van der Waals surface area contributed by atoms with Crippen molar-refractivity contribution in [2.45, 2.75) is 32.1 Å². The van der Waals surface area contributed by atoms with Crippen molar-refractivity contribution in [2.24, 2.45) is 0 Å². The Hall–Kier alpha value is -2.59. The van der Waals surface area contributed by atoms with Gasteiger partial charge in [-0.2, -0.15) is 5.26 Å². The number of benzene rings is 1. The van der Waals surface area contributed by atoms with Crippen molar-refractivity contribution in [1.82, 2.24) is 4.90 Å². The lowest BCUT2D eigenvalue weighted by molar-refractivity contribution is -0.159. The van der Waals surface area contributed by atoms with Crippen LogP contribution in [0.3, 0.4) is 0 Å². The Morgan fingerprint density at radius 3 is 2.20 bits per heavy atom. The third kappa shape index (κ3) is 9.33. The molecule has 1 aromatic carbocycles. The van der Waals surface area contributed by atoms with Gasteiger partial charge in [-0.15, -0.1) is 0 Å². The highest BCUT2D eigenvalue weighted by Gasteiger charge is 2.09. The van der Waals surface area contributed by atoms with Gasteiger partial charge in [0, 0.05) is 6.54 Å². The van der Waals surface area contributed by atoms with E-state index < -0.39 is 11.9 Å². The van der Waals surface area contributed by atoms with Crippen molar-refractivity contribution >= 4 is 11.9 Å². The molecular formula is C18H24N2O5. The minimum Gasteiger partial charge on any atom is -0.494 e. The lowest BCUT2D eigenvalue weighted by Gasteiger charge is -2.26. The number of carboxylic acids is 2. The Balaban J connectivity index is 0.000000450. The summed E-state index contributed by atoms with van der Waals surface area (Å²) in [6.45, 7) is 4.42. The number of nitrogens with zero attached hydrogens (tertiary/aromatic N) is 2. The van der Waals surface area contributed by atoms with Gasteiger partial charge in [-0.05, 0) is 50.0 Å². The van der Waals surface area contributed by atoms with E-state index in [9.17, 15) is 0 Å². The molecule has 1 aromatic rings. The fourth-order valence-electron chi connectivity index (χ4n) is 2.46. The van der Waals surface area contributed by atoms with E-state index in [1.807, 2.05) is 24.3 Å². The van der Waals surface area contributed by atoms with Crippen LogP contribution in [0.1, 0.15) is 31.2 Å². The Morgan fingerprint density at radius 1 is 1.08 bits per heavy atom. The van der Waals surface area contributed by atoms with Gasteiger partial charge in [-0.3, -0.25) is 0 Å². The van der Waals surface area contributed by atoms with E-state index in [-0.39, 0.29) is 0 Å². The molecule has 0 amide bonds. The fraction of sp³-hybridized carbons (Fsp3) is 0.500. The van der Waals surface area contributed by atoms with Gasteiger partial charge in [-0.1, -0.05) is 18.6 Å². The van der Waals surface area contributed by atoms with E-state index >= 15 is 0 Å². The summed E-state index contributed by atoms with van der Waals surface area (Å²) in [5.74, 6) is -2.75. The largest absolute Gasteiger partial charge is 0.494 e. The molecule has 25 heavy (non-hydrogen) atoms. The van der Waals surface area contributed by atoms with E-state index in [2.05, 4.69) is 11.0 Å². The maximum absolute atomic E-state index is 9.10. The van der Waals surface area contributed by atoms with Crippen LogP contribution in [0.2, 0.25) is 0 Å². The predicted octanol–water partition coefficient (Wildman–Crippen LogP) is 2.16. The summed E-state index contributed by atoms with van der Waals surface area (Å²) in [5, 5.41) is 23.4. The molecule has 2 rings (SSSR count). The average molecular weight is 348 g/mol. The molecule has 1 heterocycles. The SMILES string of the molecule is N#CCc1ccc(OCCCN2CCCCC2)cc1.O=C(O)C(=O)O. The van der Waals surface area contributed by atoms with E-state index in [4.69, 9.17) is 29.8 Å². The molecule has 0 bridgehead atoms. The number of piperidine rings is 1. The van der Waals surface area contributed by atoms with E-state index in [1.54, 1.807) is 0 Å². The highest BCUT2D eigenvalue weighted by atomic mass is 16.5. The van der Waals surface area contributed by atoms with Crippen molar-refractivity contribution in [1.29, 1.82) is 5.26 Å². The summed E-state index contributed by atoms with van der Waals surface area (Å²) in [6, 6.07) is 9.97. The highest BCUT2D eigenvalue weighted by molar-refractivity contribution is 6.27. The number of ether oxygens (including phenoxy) is 1. The average Bonchev–Trinajstić information content (AvgIpc) is 2.62. The number of rotatable bonds is 6. The molecule has 1 fully saturated rings. The third-order valence-corrected chi connectivity index (χ3v) is 3.73. The summed E-state index contributed by atoms with van der Waals surface area (Å²) in [6.07, 6.45) is 5.64. The minimum atomic E-state index is -1.82. The van der Waals surface area contributed by atoms with Gasteiger partial charge in [0.05, 0.1) is 19.1 Å². The molecule has 1 aliphatic heterocycles. The first kappa shape index (κ1) is 20.5. The van der Waals surface area contributed by atoms with Crippen LogP contribution in [0.5, 0.6) is 5.75 Å². The van der Waals surface area contributed by atoms with Crippen LogP contribution in [0.4, 0.5) is 0 Å². The molecular weight excluding hydrogens is 324 g/mol. The monoisotopic (exact) mass is 348 g/mol. The lowest BCUT2D eigenvalue weighted by Crippen LogP contribution is -2.31. The maximum atomic E-state index is 9.10. The summed E-state index contributed by atoms with van der Waals surface area (Å²) in [7, 11) is 0. The summed E-state index contributed by atoms with van der Waals surface area (Å²) in [4.78, 5) is 20.7. The van der Waals surface area contributed by atoms with Crippen LogP contribution in [0, 0.1) is 11.3 Å². The van der Waals surface area contributed by atoms with Crippen LogP contribution in [-0.4, -0.2) is 53.3 Å². The fourth-order valence-corrected chi connectivity index (χ4v) is 2.46. The van der Waals surface area contributed by atoms with Gasteiger partial charge >= 0.3 is 11.9 Å². The molecule has 0 aromatic heterocycles. The highest BCUT2D eigenvalue weighted by Crippen LogP contribution is 2.13. The molecule has 0 spiro atoms. The number of carboxylic acid groups (broad SMARTS) is 2. The van der Waals surface area contributed by atoms with Crippen LogP contribution in [-0.2, 0) is 16.0 Å². The van der Waals surface area contributed by atoms with Gasteiger partial charge in [0.2, 0.25) is 0 Å². The molecule has 0 atom stereocenters. The molecule has 0 unspecified atom stereocenters. The standard InChI is InChI=1S/C16H22N2O.C2H2O4/c17-10-9-15-5-7-16(8-6-15)19-14-4-13-18-11-2-1-3-12-18;3-1(4)2(5)6/h5-8H,1-4,9,11-14H2;(H,3,4)(H,5,6). The lowest BCUT2D eigenvalue weighted by atomic mass is 10.1. The number of likely N-dealkylation sites (tertiary alicyclic amines) is 1. The first-order chi connectivity index (χ1) is 12.0. The molecule has 0 radical (unpaired) electrons. The van der Waals surface area contributed by atoms with Crippen LogP contribution < -0.4 is 4.74 Å². The quantitative estimate of drug-likeness (QED) is 0.598. The number of hydrogen-bond acceptors (Lipinski definition) is 5. The zero-order valence-corrected chi connectivity index (χ0v) is 14.2. The van der Waals surface area contributed by atoms with Crippen LogP contribution in [0.25, 0.3) is 0 Å². The van der Waals surface area contributed by atoms with Crippen LogP contribution >= 0.6 is 0 Å². The first-order valence-electron chi connectivity index (χ1n) is 8.30. The third-order valence-electron chi connectivity index (χ3n) is 3.73. The molecule has 7 heteroatoms. The van der Waals surface area contributed by atoms with Crippen molar-refractivity contribution in [3.63, 3.8) is 0 Å². The summed E-state index contributed by atoms with van der Waals surface area (Å²) < 4.78 is 5.72. The smallest absolute Gasteiger partial charge is 0.414 e. The number of nitriles is 1. The maximum Gasteiger partial charge on any atom is 0.414 e. The molecule has 1 aliphatic rings. The van der Waals surface area contributed by atoms with E-state index in [1.165, 1.54) is 32.4 Å². The normalized spacial score (nSPS) is 13.9. The molecule has 2 N–H and O–H groups in total. The predicted molar refractivity (Wildman–Crippen MR) is 91.4 cm³/mol. The number of carbonyl (C=O) groups is 2. The Kier molecular flexibility index (Phi) is 9.71. The first-order valence-corrected chi connectivity index (χ1v) is 8.30. The topological polar surface area (TPSA) is 111 Å². The van der Waals surface area contributed by atoms with E-state index in [0.717, 1.165) is 30.9 Å². The molecule has 136 valence electrons. The van der Waals surface area contributed by atoms with Gasteiger partial charge in [0.25, 0.3) is 0 Å². The van der Waals surface area contributed by atoms with Crippen molar-refractivity contribution in [3.8, 4) is 11.8 Å². The second kappa shape index (κ2) is 11.9. The summed E-state index contributed by atoms with van der Waals surface area (Å²) in [5.41, 5.74) is 1.04. The van der Waals surface area contributed by atoms with E-state index in [0.29, 0.717) is 6.42 Å². The Labute approximate surface area is 147 Å². The van der Waals surface area contributed by atoms with Gasteiger partial charge in [0.1, 0.15) is 5.75 Å². The second-order valence-electron chi connectivity index (χ2n) is 5.69. The molecule has 0 aliphatic carbocycles. The molecule has 7 nitrogen and oxygen atoms in total. The van der Waals surface area contributed by atoms with Gasteiger partial charge in [0.15, 0.2) is 0 Å². The second-order valence-corrected chi connectivity index (χ2v) is 5.69.